The molecular weight excluding hydrogens is 294 g/mol. The standard InChI is InChI=1S/C18H25NO4/c1-13-5-4-6-15(11-13)23-10-3-2-7-17(20)19-16(18(21)22)12-14-8-9-14/h4-6,11,14,16H,2-3,7-10,12H2,1H3,(H,19,20)(H,21,22). The first-order valence-corrected chi connectivity index (χ1v) is 8.26. The molecule has 1 aromatic rings. The average molecular weight is 319 g/mol. The van der Waals surface area contributed by atoms with E-state index >= 15 is 0 Å². The predicted molar refractivity (Wildman–Crippen MR) is 87.4 cm³/mol. The molecule has 1 fully saturated rings. The highest BCUT2D eigenvalue weighted by atomic mass is 16.5. The summed E-state index contributed by atoms with van der Waals surface area (Å²) in [6.07, 6.45) is 4.50. The third-order valence-corrected chi connectivity index (χ3v) is 3.96. The van der Waals surface area contributed by atoms with Gasteiger partial charge >= 0.3 is 5.97 Å². The topological polar surface area (TPSA) is 75.6 Å². The number of nitrogens with one attached hydrogen (secondary N) is 1. The summed E-state index contributed by atoms with van der Waals surface area (Å²) in [4.78, 5) is 22.9. The van der Waals surface area contributed by atoms with E-state index in [1.165, 1.54) is 0 Å². The van der Waals surface area contributed by atoms with E-state index in [0.29, 0.717) is 31.8 Å². The van der Waals surface area contributed by atoms with Crippen molar-refractivity contribution in [2.75, 3.05) is 6.61 Å². The molecule has 1 amide bonds. The molecule has 0 bridgehead atoms. The second kappa shape index (κ2) is 8.56. The zero-order chi connectivity index (χ0) is 16.7. The van der Waals surface area contributed by atoms with Gasteiger partial charge in [-0.2, -0.15) is 0 Å². The molecule has 1 saturated carbocycles. The third-order valence-electron chi connectivity index (χ3n) is 3.96. The summed E-state index contributed by atoms with van der Waals surface area (Å²) in [5.74, 6) is 0.186. The molecule has 1 atom stereocenters. The minimum atomic E-state index is -0.937. The van der Waals surface area contributed by atoms with Gasteiger partial charge in [0.05, 0.1) is 6.61 Å². The van der Waals surface area contributed by atoms with Crippen LogP contribution >= 0.6 is 0 Å². The molecule has 1 aliphatic rings. The van der Waals surface area contributed by atoms with Gasteiger partial charge in [0.1, 0.15) is 11.8 Å². The van der Waals surface area contributed by atoms with Crippen LogP contribution in [0.1, 0.15) is 44.1 Å². The van der Waals surface area contributed by atoms with E-state index in [9.17, 15) is 9.59 Å². The van der Waals surface area contributed by atoms with Gasteiger partial charge < -0.3 is 15.2 Å². The summed E-state index contributed by atoms with van der Waals surface area (Å²) in [7, 11) is 0. The highest BCUT2D eigenvalue weighted by Crippen LogP contribution is 2.33. The second-order valence-corrected chi connectivity index (χ2v) is 6.26. The van der Waals surface area contributed by atoms with E-state index in [2.05, 4.69) is 5.32 Å². The molecule has 2 rings (SSSR count). The van der Waals surface area contributed by atoms with Crippen molar-refractivity contribution in [2.24, 2.45) is 5.92 Å². The number of unbranched alkanes of at least 4 members (excludes halogenated alkanes) is 1. The molecule has 126 valence electrons. The fraction of sp³-hybridized carbons (Fsp3) is 0.556. The van der Waals surface area contributed by atoms with Crippen molar-refractivity contribution < 1.29 is 19.4 Å². The number of aryl methyl sites for hydroxylation is 1. The van der Waals surface area contributed by atoms with E-state index < -0.39 is 12.0 Å². The van der Waals surface area contributed by atoms with Crippen LogP contribution < -0.4 is 10.1 Å². The maximum atomic E-state index is 11.8. The summed E-state index contributed by atoms with van der Waals surface area (Å²) in [6, 6.07) is 7.11. The van der Waals surface area contributed by atoms with Gasteiger partial charge in [0.25, 0.3) is 0 Å². The Morgan fingerprint density at radius 1 is 1.35 bits per heavy atom. The van der Waals surface area contributed by atoms with Crippen molar-refractivity contribution in [3.8, 4) is 5.75 Å². The van der Waals surface area contributed by atoms with Crippen LogP contribution in [0.25, 0.3) is 0 Å². The third kappa shape index (κ3) is 6.72. The number of rotatable bonds is 10. The molecule has 0 spiro atoms. The van der Waals surface area contributed by atoms with Crippen LogP contribution in [0.5, 0.6) is 5.75 Å². The lowest BCUT2D eigenvalue weighted by atomic mass is 10.1. The fourth-order valence-corrected chi connectivity index (χ4v) is 2.46. The summed E-state index contributed by atoms with van der Waals surface area (Å²) in [6.45, 7) is 2.57. The quantitative estimate of drug-likeness (QED) is 0.650. The number of carbonyl (C=O) groups excluding carboxylic acids is 1. The van der Waals surface area contributed by atoms with Gasteiger partial charge in [-0.15, -0.1) is 0 Å². The van der Waals surface area contributed by atoms with Crippen LogP contribution in [-0.4, -0.2) is 29.6 Å². The van der Waals surface area contributed by atoms with Crippen LogP contribution in [0.2, 0.25) is 0 Å². The van der Waals surface area contributed by atoms with Crippen molar-refractivity contribution in [3.63, 3.8) is 0 Å². The van der Waals surface area contributed by atoms with E-state index in [0.717, 1.165) is 30.6 Å². The van der Waals surface area contributed by atoms with Crippen molar-refractivity contribution in [1.29, 1.82) is 0 Å². The summed E-state index contributed by atoms with van der Waals surface area (Å²) >= 11 is 0. The number of hydrogen-bond donors (Lipinski definition) is 2. The van der Waals surface area contributed by atoms with Crippen molar-refractivity contribution in [2.45, 2.75) is 51.5 Å². The molecule has 5 heteroatoms. The number of benzene rings is 1. The first kappa shape index (κ1) is 17.3. The number of hydrogen-bond acceptors (Lipinski definition) is 3. The lowest BCUT2D eigenvalue weighted by Crippen LogP contribution is -2.41. The minimum Gasteiger partial charge on any atom is -0.494 e. The van der Waals surface area contributed by atoms with Crippen LogP contribution in [0, 0.1) is 12.8 Å². The first-order valence-electron chi connectivity index (χ1n) is 8.26. The summed E-state index contributed by atoms with van der Waals surface area (Å²) < 4.78 is 5.62. The Hall–Kier alpha value is -2.04. The number of carbonyl (C=O) groups is 2. The number of amides is 1. The van der Waals surface area contributed by atoms with Gasteiger partial charge in [-0.1, -0.05) is 25.0 Å². The highest BCUT2D eigenvalue weighted by molar-refractivity contribution is 5.83. The Labute approximate surface area is 137 Å². The smallest absolute Gasteiger partial charge is 0.326 e. The monoisotopic (exact) mass is 319 g/mol. The molecule has 0 radical (unpaired) electrons. The molecule has 1 aromatic carbocycles. The lowest BCUT2D eigenvalue weighted by Gasteiger charge is -2.14. The molecule has 23 heavy (non-hydrogen) atoms. The molecule has 0 saturated heterocycles. The molecule has 1 unspecified atom stereocenters. The number of aliphatic carboxylic acids is 1. The van der Waals surface area contributed by atoms with Gasteiger partial charge in [0.15, 0.2) is 0 Å². The normalized spacial score (nSPS) is 15.0. The molecule has 5 nitrogen and oxygen atoms in total. The number of carboxylic acid groups (broad SMARTS) is 1. The van der Waals surface area contributed by atoms with Gasteiger partial charge in [0.2, 0.25) is 5.91 Å². The fourth-order valence-electron chi connectivity index (χ4n) is 2.46. The summed E-state index contributed by atoms with van der Waals surface area (Å²) in [5, 5.41) is 11.7. The van der Waals surface area contributed by atoms with E-state index in [1.807, 2.05) is 31.2 Å². The van der Waals surface area contributed by atoms with Gasteiger partial charge in [-0.3, -0.25) is 4.79 Å². The van der Waals surface area contributed by atoms with Crippen LogP contribution in [-0.2, 0) is 9.59 Å². The second-order valence-electron chi connectivity index (χ2n) is 6.26. The van der Waals surface area contributed by atoms with Crippen LogP contribution in [0.3, 0.4) is 0 Å². The maximum Gasteiger partial charge on any atom is 0.326 e. The molecule has 1 aliphatic carbocycles. The SMILES string of the molecule is Cc1cccc(OCCCCC(=O)NC(CC2CC2)C(=O)O)c1. The Kier molecular flexibility index (Phi) is 6.44. The Morgan fingerprint density at radius 3 is 2.78 bits per heavy atom. The molecule has 0 heterocycles. The maximum absolute atomic E-state index is 11.8. The minimum absolute atomic E-state index is 0.186. The van der Waals surface area contributed by atoms with E-state index in [1.54, 1.807) is 0 Å². The molecule has 2 N–H and O–H groups in total. The molecule has 0 aliphatic heterocycles. The van der Waals surface area contributed by atoms with Gasteiger partial charge in [-0.25, -0.2) is 4.79 Å². The van der Waals surface area contributed by atoms with Crippen LogP contribution in [0.4, 0.5) is 0 Å². The molecule has 0 aromatic heterocycles. The molecular formula is C18H25NO4. The number of ether oxygens (including phenoxy) is 1. The average Bonchev–Trinajstić information content (AvgIpc) is 3.30. The van der Waals surface area contributed by atoms with Crippen molar-refractivity contribution in [1.82, 2.24) is 5.32 Å². The van der Waals surface area contributed by atoms with E-state index in [4.69, 9.17) is 9.84 Å². The predicted octanol–water partition coefficient (Wildman–Crippen LogP) is 2.91. The zero-order valence-electron chi connectivity index (χ0n) is 13.6. The Morgan fingerprint density at radius 2 is 2.13 bits per heavy atom. The van der Waals surface area contributed by atoms with Gasteiger partial charge in [0, 0.05) is 6.42 Å². The summed E-state index contributed by atoms with van der Waals surface area (Å²) in [5.41, 5.74) is 1.15. The Balaban J connectivity index is 1.59. The first-order chi connectivity index (χ1) is 11.0. The van der Waals surface area contributed by atoms with Gasteiger partial charge in [-0.05, 0) is 49.8 Å². The number of carboxylic acids is 1. The lowest BCUT2D eigenvalue weighted by molar-refractivity contribution is -0.142. The van der Waals surface area contributed by atoms with E-state index in [-0.39, 0.29) is 5.91 Å². The van der Waals surface area contributed by atoms with Crippen LogP contribution in [0.15, 0.2) is 24.3 Å². The highest BCUT2D eigenvalue weighted by Gasteiger charge is 2.29. The van der Waals surface area contributed by atoms with Crippen molar-refractivity contribution in [3.05, 3.63) is 29.8 Å². The van der Waals surface area contributed by atoms with Crippen molar-refractivity contribution >= 4 is 11.9 Å². The zero-order valence-corrected chi connectivity index (χ0v) is 13.6. The largest absolute Gasteiger partial charge is 0.494 e. The Bertz CT molecular complexity index is 540.